The molecule has 0 aliphatic heterocycles. The van der Waals surface area contributed by atoms with E-state index in [0.717, 1.165) is 22.0 Å². The van der Waals surface area contributed by atoms with Gasteiger partial charge in [0.15, 0.2) is 0 Å². The van der Waals surface area contributed by atoms with E-state index in [1.807, 2.05) is 73.7 Å². The van der Waals surface area contributed by atoms with Crippen LogP contribution in [0.5, 0.6) is 0 Å². The fourth-order valence-electron chi connectivity index (χ4n) is 3.21. The Kier molecular flexibility index (Phi) is 4.77. The van der Waals surface area contributed by atoms with Gasteiger partial charge in [-0.2, -0.15) is 0 Å². The Morgan fingerprint density at radius 3 is 2.46 bits per heavy atom. The molecule has 0 spiro atoms. The number of aryl methyl sites for hydroxylation is 1. The molecule has 1 aromatic heterocycles. The zero-order chi connectivity index (χ0) is 19.5. The number of hydrogen-bond donors (Lipinski definition) is 1. The first kappa shape index (κ1) is 17.7. The first-order valence-electron chi connectivity index (χ1n) is 9.15. The normalized spacial score (nSPS) is 10.8. The largest absolute Gasteiger partial charge is 0.321 e. The Labute approximate surface area is 163 Å². The average Bonchev–Trinajstić information content (AvgIpc) is 2.71. The van der Waals surface area contributed by atoms with Crippen molar-refractivity contribution >= 4 is 22.4 Å². The van der Waals surface area contributed by atoms with Crippen molar-refractivity contribution in [3.63, 3.8) is 0 Å². The van der Waals surface area contributed by atoms with E-state index >= 15 is 0 Å². The highest BCUT2D eigenvalue weighted by molar-refractivity contribution is 6.08. The van der Waals surface area contributed by atoms with E-state index < -0.39 is 0 Å². The van der Waals surface area contributed by atoms with Gasteiger partial charge < -0.3 is 9.88 Å². The standard InChI is InChI=1S/C24H20N2O2/c1-17-9-11-18(12-10-17)15-26-16-20(13-14-23(26)27)24(28)25-22-8-4-6-19-5-2-3-7-21(19)22/h2-14,16H,15H2,1H3,(H,25,28). The van der Waals surface area contributed by atoms with Crippen molar-refractivity contribution in [2.45, 2.75) is 13.5 Å². The van der Waals surface area contributed by atoms with E-state index in [2.05, 4.69) is 5.32 Å². The molecule has 0 atom stereocenters. The Balaban J connectivity index is 1.61. The van der Waals surface area contributed by atoms with Gasteiger partial charge in [-0.3, -0.25) is 9.59 Å². The number of benzene rings is 3. The van der Waals surface area contributed by atoms with Gasteiger partial charge in [0.2, 0.25) is 0 Å². The molecule has 3 aromatic carbocycles. The molecule has 1 heterocycles. The lowest BCUT2D eigenvalue weighted by Crippen LogP contribution is -2.22. The topological polar surface area (TPSA) is 51.1 Å². The zero-order valence-electron chi connectivity index (χ0n) is 15.6. The Hall–Kier alpha value is -3.66. The number of aromatic nitrogens is 1. The van der Waals surface area contributed by atoms with Gasteiger partial charge in [0.05, 0.1) is 12.1 Å². The van der Waals surface area contributed by atoms with Crippen LogP contribution in [0.2, 0.25) is 0 Å². The maximum absolute atomic E-state index is 12.8. The smallest absolute Gasteiger partial charge is 0.257 e. The number of carbonyl (C=O) groups is 1. The third-order valence-electron chi connectivity index (χ3n) is 4.76. The highest BCUT2D eigenvalue weighted by atomic mass is 16.2. The van der Waals surface area contributed by atoms with Crippen molar-refractivity contribution in [3.8, 4) is 0 Å². The fraction of sp³-hybridized carbons (Fsp3) is 0.0833. The molecule has 28 heavy (non-hydrogen) atoms. The highest BCUT2D eigenvalue weighted by Gasteiger charge is 2.10. The highest BCUT2D eigenvalue weighted by Crippen LogP contribution is 2.23. The molecule has 0 aliphatic carbocycles. The Morgan fingerprint density at radius 2 is 1.64 bits per heavy atom. The zero-order valence-corrected chi connectivity index (χ0v) is 15.6. The molecular formula is C24H20N2O2. The van der Waals surface area contributed by atoms with Crippen molar-refractivity contribution in [2.24, 2.45) is 0 Å². The van der Waals surface area contributed by atoms with Gasteiger partial charge in [-0.1, -0.05) is 66.2 Å². The lowest BCUT2D eigenvalue weighted by atomic mass is 10.1. The summed E-state index contributed by atoms with van der Waals surface area (Å²) in [5.74, 6) is -0.242. The fourth-order valence-corrected chi connectivity index (χ4v) is 3.21. The molecule has 0 radical (unpaired) electrons. The van der Waals surface area contributed by atoms with Crippen LogP contribution in [0, 0.1) is 6.92 Å². The van der Waals surface area contributed by atoms with Crippen LogP contribution in [-0.2, 0) is 6.54 Å². The second kappa shape index (κ2) is 7.53. The van der Waals surface area contributed by atoms with Crippen LogP contribution in [0.3, 0.4) is 0 Å². The van der Waals surface area contributed by atoms with Gasteiger partial charge in [-0.25, -0.2) is 0 Å². The molecule has 4 rings (SSSR count). The first-order chi connectivity index (χ1) is 13.6. The van der Waals surface area contributed by atoms with Gasteiger partial charge in [0.1, 0.15) is 0 Å². The summed E-state index contributed by atoms with van der Waals surface area (Å²) in [6, 6.07) is 24.7. The van der Waals surface area contributed by atoms with Crippen LogP contribution in [0.4, 0.5) is 5.69 Å². The van der Waals surface area contributed by atoms with Gasteiger partial charge in [0.25, 0.3) is 11.5 Å². The van der Waals surface area contributed by atoms with Crippen molar-refractivity contribution < 1.29 is 4.79 Å². The van der Waals surface area contributed by atoms with Gasteiger partial charge in [0, 0.05) is 23.3 Å². The lowest BCUT2D eigenvalue weighted by Gasteiger charge is -2.11. The monoisotopic (exact) mass is 368 g/mol. The summed E-state index contributed by atoms with van der Waals surface area (Å²) in [7, 11) is 0. The minimum Gasteiger partial charge on any atom is -0.321 e. The van der Waals surface area contributed by atoms with Crippen LogP contribution < -0.4 is 10.9 Å². The maximum Gasteiger partial charge on any atom is 0.257 e. The number of rotatable bonds is 4. The lowest BCUT2D eigenvalue weighted by molar-refractivity contribution is 0.102. The number of hydrogen-bond acceptors (Lipinski definition) is 2. The molecule has 0 unspecified atom stereocenters. The average molecular weight is 368 g/mol. The quantitative estimate of drug-likeness (QED) is 0.572. The van der Waals surface area contributed by atoms with Crippen LogP contribution in [0.25, 0.3) is 10.8 Å². The third-order valence-corrected chi connectivity index (χ3v) is 4.76. The number of nitrogens with zero attached hydrogens (tertiary/aromatic N) is 1. The number of amides is 1. The summed E-state index contributed by atoms with van der Waals surface area (Å²) in [5, 5.41) is 5.00. The third kappa shape index (κ3) is 3.71. The summed E-state index contributed by atoms with van der Waals surface area (Å²) >= 11 is 0. The number of pyridine rings is 1. The summed E-state index contributed by atoms with van der Waals surface area (Å²) in [6.45, 7) is 2.45. The van der Waals surface area contributed by atoms with E-state index in [9.17, 15) is 9.59 Å². The van der Waals surface area contributed by atoms with E-state index in [-0.39, 0.29) is 11.5 Å². The minimum absolute atomic E-state index is 0.137. The second-order valence-corrected chi connectivity index (χ2v) is 6.85. The number of carbonyl (C=O) groups excluding carboxylic acids is 1. The van der Waals surface area contributed by atoms with Gasteiger partial charge >= 0.3 is 0 Å². The first-order valence-corrected chi connectivity index (χ1v) is 9.15. The number of fused-ring (bicyclic) bond motifs is 1. The molecule has 1 N–H and O–H groups in total. The molecule has 138 valence electrons. The molecule has 0 bridgehead atoms. The predicted molar refractivity (Wildman–Crippen MR) is 113 cm³/mol. The van der Waals surface area contributed by atoms with Gasteiger partial charge in [-0.15, -0.1) is 0 Å². The Morgan fingerprint density at radius 1 is 0.893 bits per heavy atom. The minimum atomic E-state index is -0.242. The van der Waals surface area contributed by atoms with Crippen molar-refractivity contribution in [1.29, 1.82) is 0 Å². The maximum atomic E-state index is 12.8. The number of nitrogens with one attached hydrogen (secondary N) is 1. The summed E-state index contributed by atoms with van der Waals surface area (Å²) in [4.78, 5) is 25.0. The van der Waals surface area contributed by atoms with E-state index in [1.54, 1.807) is 16.8 Å². The SMILES string of the molecule is Cc1ccc(Cn2cc(C(=O)Nc3cccc4ccccc34)ccc2=O)cc1. The van der Waals surface area contributed by atoms with Crippen molar-refractivity contribution in [2.75, 3.05) is 5.32 Å². The molecule has 4 aromatic rings. The Bertz CT molecular complexity index is 1200. The van der Waals surface area contributed by atoms with Crippen LogP contribution in [0.1, 0.15) is 21.5 Å². The van der Waals surface area contributed by atoms with Crippen LogP contribution >= 0.6 is 0 Å². The summed E-state index contributed by atoms with van der Waals surface area (Å²) in [6.07, 6.45) is 1.61. The second-order valence-electron chi connectivity index (χ2n) is 6.85. The van der Waals surface area contributed by atoms with Gasteiger partial charge in [-0.05, 0) is 30.0 Å². The molecule has 0 saturated heterocycles. The summed E-state index contributed by atoms with van der Waals surface area (Å²) in [5.41, 5.74) is 3.24. The molecule has 0 aliphatic rings. The van der Waals surface area contributed by atoms with Crippen LogP contribution in [0.15, 0.2) is 89.9 Å². The molecule has 1 amide bonds. The van der Waals surface area contributed by atoms with E-state index in [4.69, 9.17) is 0 Å². The summed E-state index contributed by atoms with van der Waals surface area (Å²) < 4.78 is 1.56. The predicted octanol–water partition coefficient (Wildman–Crippen LogP) is 4.61. The molecular weight excluding hydrogens is 348 g/mol. The van der Waals surface area contributed by atoms with Crippen molar-refractivity contribution in [3.05, 3.63) is 112 Å². The van der Waals surface area contributed by atoms with E-state index in [1.165, 1.54) is 11.6 Å². The molecule has 0 saturated carbocycles. The van der Waals surface area contributed by atoms with E-state index in [0.29, 0.717) is 12.1 Å². The molecule has 4 heteroatoms. The molecule has 0 fully saturated rings. The van der Waals surface area contributed by atoms with Crippen LogP contribution in [-0.4, -0.2) is 10.5 Å². The van der Waals surface area contributed by atoms with Crippen molar-refractivity contribution in [1.82, 2.24) is 4.57 Å². The molecule has 4 nitrogen and oxygen atoms in total. The number of anilines is 1.